The molecule has 0 aromatic carbocycles. The van der Waals surface area contributed by atoms with Crippen LogP contribution in [0, 0.1) is 0 Å². The highest BCUT2D eigenvalue weighted by Crippen LogP contribution is 2.15. The molecule has 1 atom stereocenters. The topological polar surface area (TPSA) is 136 Å². The van der Waals surface area contributed by atoms with Crippen molar-refractivity contribution >= 4 is 41.5 Å². The van der Waals surface area contributed by atoms with Gasteiger partial charge in [0.2, 0.25) is 15.9 Å². The van der Waals surface area contributed by atoms with Gasteiger partial charge in [0.05, 0.1) is 19.5 Å². The van der Waals surface area contributed by atoms with Gasteiger partial charge in [-0.3, -0.25) is 4.79 Å². The summed E-state index contributed by atoms with van der Waals surface area (Å²) in [6, 6.07) is 1.21. The molecule has 2 heterocycles. The Labute approximate surface area is 137 Å². The van der Waals surface area contributed by atoms with Crippen molar-refractivity contribution in [3.05, 3.63) is 12.1 Å². The fourth-order valence-electron chi connectivity index (χ4n) is 1.92. The summed E-state index contributed by atoms with van der Waals surface area (Å²) < 4.78 is 51.6. The van der Waals surface area contributed by atoms with Gasteiger partial charge in [-0.05, 0) is 12.1 Å². The molecule has 1 amide bonds. The molecular formula is C10H13ClN4O6S2. The molecule has 13 heteroatoms. The molecule has 1 saturated heterocycles. The Balaban J connectivity index is 2.14. The second-order valence-corrected chi connectivity index (χ2v) is 9.10. The van der Waals surface area contributed by atoms with Crippen molar-refractivity contribution in [2.75, 3.05) is 31.3 Å². The Bertz CT molecular complexity index is 795. The molecule has 1 fully saturated rings. The van der Waals surface area contributed by atoms with Gasteiger partial charge < -0.3 is 10.1 Å². The monoisotopic (exact) mass is 384 g/mol. The number of halogens is 1. The van der Waals surface area contributed by atoms with Crippen molar-refractivity contribution in [2.24, 2.45) is 0 Å². The van der Waals surface area contributed by atoms with Gasteiger partial charge in [0.1, 0.15) is 6.04 Å². The third kappa shape index (κ3) is 4.57. The van der Waals surface area contributed by atoms with Gasteiger partial charge in [0.25, 0.3) is 9.05 Å². The highest BCUT2D eigenvalue weighted by molar-refractivity contribution is 8.13. The summed E-state index contributed by atoms with van der Waals surface area (Å²) in [5, 5.41) is 8.77. The lowest BCUT2D eigenvalue weighted by Crippen LogP contribution is -2.53. The highest BCUT2D eigenvalue weighted by atomic mass is 35.7. The van der Waals surface area contributed by atoms with Crippen LogP contribution in [0.1, 0.15) is 0 Å². The van der Waals surface area contributed by atoms with Gasteiger partial charge in [0, 0.05) is 17.2 Å². The van der Waals surface area contributed by atoms with Gasteiger partial charge in [-0.1, -0.05) is 0 Å². The van der Waals surface area contributed by atoms with E-state index >= 15 is 0 Å². The predicted molar refractivity (Wildman–Crippen MR) is 79.9 cm³/mol. The molecule has 1 N–H and O–H groups in total. The van der Waals surface area contributed by atoms with Crippen LogP contribution in [-0.2, 0) is 28.6 Å². The SMILES string of the molecule is CS(=O)(=O)N1CCOCC1C(=O)Nc1ccc(S(=O)(=O)Cl)nn1. The number of nitrogens with one attached hydrogen (secondary N) is 1. The van der Waals surface area contributed by atoms with E-state index in [2.05, 4.69) is 15.5 Å². The number of sulfonamides is 1. The average Bonchev–Trinajstić information content (AvgIpc) is 2.46. The van der Waals surface area contributed by atoms with Gasteiger partial charge >= 0.3 is 0 Å². The number of hydrogen-bond donors (Lipinski definition) is 1. The minimum Gasteiger partial charge on any atom is -0.378 e. The number of carbonyl (C=O) groups is 1. The first-order valence-corrected chi connectivity index (χ1v) is 10.4. The second-order valence-electron chi connectivity index (χ2n) is 4.65. The molecule has 0 spiro atoms. The normalized spacial score (nSPS) is 20.2. The molecule has 1 aliphatic rings. The summed E-state index contributed by atoms with van der Waals surface area (Å²) in [4.78, 5) is 12.2. The third-order valence-corrected chi connectivity index (χ3v) is 5.43. The van der Waals surface area contributed by atoms with E-state index in [1.54, 1.807) is 0 Å². The van der Waals surface area contributed by atoms with E-state index < -0.39 is 36.0 Å². The van der Waals surface area contributed by atoms with Crippen LogP contribution < -0.4 is 5.32 Å². The molecular weight excluding hydrogens is 372 g/mol. The molecule has 10 nitrogen and oxygen atoms in total. The fraction of sp³-hybridized carbons (Fsp3) is 0.500. The Kier molecular flexibility index (Phi) is 5.20. The molecule has 2 rings (SSSR count). The lowest BCUT2D eigenvalue weighted by molar-refractivity contribution is -0.123. The number of nitrogens with zero attached hydrogens (tertiary/aromatic N) is 3. The maximum absolute atomic E-state index is 12.2. The zero-order valence-corrected chi connectivity index (χ0v) is 14.2. The van der Waals surface area contributed by atoms with Gasteiger partial charge in [-0.2, -0.15) is 4.31 Å². The summed E-state index contributed by atoms with van der Waals surface area (Å²) >= 11 is 0. The van der Waals surface area contributed by atoms with E-state index in [-0.39, 0.29) is 25.6 Å². The van der Waals surface area contributed by atoms with E-state index in [0.29, 0.717) is 0 Å². The number of carbonyl (C=O) groups excluding carboxylic acids is 1. The standard InChI is InChI=1S/C10H13ClN4O6S2/c1-22(17,18)15-4-5-21-6-7(15)10(16)12-8-2-3-9(14-13-8)23(11,19)20/h2-3,7H,4-6H2,1H3,(H,12,13,16). The first-order valence-electron chi connectivity index (χ1n) is 6.23. The number of rotatable bonds is 4. The van der Waals surface area contributed by atoms with E-state index in [0.717, 1.165) is 16.6 Å². The van der Waals surface area contributed by atoms with Crippen LogP contribution in [-0.4, -0.2) is 69.3 Å². The molecule has 1 aromatic rings. The molecule has 1 aliphatic heterocycles. The van der Waals surface area contributed by atoms with Gasteiger partial charge in [-0.15, -0.1) is 10.2 Å². The van der Waals surface area contributed by atoms with Crippen LogP contribution >= 0.6 is 10.7 Å². The van der Waals surface area contributed by atoms with Gasteiger partial charge in [-0.25, -0.2) is 16.8 Å². The van der Waals surface area contributed by atoms with Crippen molar-refractivity contribution < 1.29 is 26.4 Å². The number of aromatic nitrogens is 2. The quantitative estimate of drug-likeness (QED) is 0.653. The van der Waals surface area contributed by atoms with Crippen molar-refractivity contribution in [1.29, 1.82) is 0 Å². The number of anilines is 1. The van der Waals surface area contributed by atoms with E-state index in [1.807, 2.05) is 0 Å². The zero-order chi connectivity index (χ0) is 17.3. The van der Waals surface area contributed by atoms with E-state index in [4.69, 9.17) is 15.4 Å². The number of amides is 1. The maximum atomic E-state index is 12.2. The van der Waals surface area contributed by atoms with E-state index in [1.165, 1.54) is 6.07 Å². The number of morpholine rings is 1. The van der Waals surface area contributed by atoms with Crippen LogP contribution in [0.3, 0.4) is 0 Å². The van der Waals surface area contributed by atoms with Crippen LogP contribution in [0.4, 0.5) is 5.82 Å². The first-order chi connectivity index (χ1) is 10.6. The molecule has 128 valence electrons. The van der Waals surface area contributed by atoms with Gasteiger partial charge in [0.15, 0.2) is 10.8 Å². The number of ether oxygens (including phenoxy) is 1. The predicted octanol–water partition coefficient (Wildman–Crippen LogP) is -0.997. The fourth-order valence-corrected chi connectivity index (χ4v) is 3.56. The summed E-state index contributed by atoms with van der Waals surface area (Å²) in [7, 11) is -2.50. The molecule has 1 aromatic heterocycles. The average molecular weight is 385 g/mol. The van der Waals surface area contributed by atoms with Crippen LogP contribution in [0.2, 0.25) is 0 Å². The third-order valence-electron chi connectivity index (χ3n) is 2.95. The number of hydrogen-bond acceptors (Lipinski definition) is 8. The maximum Gasteiger partial charge on any atom is 0.280 e. The lowest BCUT2D eigenvalue weighted by atomic mass is 10.2. The van der Waals surface area contributed by atoms with Crippen LogP contribution in [0.5, 0.6) is 0 Å². The molecule has 23 heavy (non-hydrogen) atoms. The molecule has 0 aliphatic carbocycles. The summed E-state index contributed by atoms with van der Waals surface area (Å²) in [6.07, 6.45) is 0.999. The van der Waals surface area contributed by atoms with Crippen LogP contribution in [0.25, 0.3) is 0 Å². The Hall–Kier alpha value is -1.34. The molecule has 0 radical (unpaired) electrons. The largest absolute Gasteiger partial charge is 0.378 e. The highest BCUT2D eigenvalue weighted by Gasteiger charge is 2.35. The molecule has 0 saturated carbocycles. The Morgan fingerprint density at radius 3 is 2.57 bits per heavy atom. The summed E-state index contributed by atoms with van der Waals surface area (Å²) in [6.45, 7) is 0.158. The van der Waals surface area contributed by atoms with Crippen LogP contribution in [0.15, 0.2) is 17.2 Å². The first kappa shape index (κ1) is 18.0. The second kappa shape index (κ2) is 6.65. The zero-order valence-electron chi connectivity index (χ0n) is 11.8. The van der Waals surface area contributed by atoms with Crippen molar-refractivity contribution in [3.8, 4) is 0 Å². The Morgan fingerprint density at radius 2 is 2.04 bits per heavy atom. The molecule has 1 unspecified atom stereocenters. The lowest BCUT2D eigenvalue weighted by Gasteiger charge is -2.32. The summed E-state index contributed by atoms with van der Waals surface area (Å²) in [5.41, 5.74) is 0. The van der Waals surface area contributed by atoms with E-state index in [9.17, 15) is 21.6 Å². The summed E-state index contributed by atoms with van der Waals surface area (Å²) in [5.74, 6) is -0.705. The van der Waals surface area contributed by atoms with Crippen molar-refractivity contribution in [3.63, 3.8) is 0 Å². The van der Waals surface area contributed by atoms with Crippen molar-refractivity contribution in [2.45, 2.75) is 11.1 Å². The minimum absolute atomic E-state index is 0.0434. The minimum atomic E-state index is -4.02. The molecule has 0 bridgehead atoms. The van der Waals surface area contributed by atoms with Crippen molar-refractivity contribution in [1.82, 2.24) is 14.5 Å². The Morgan fingerprint density at radius 1 is 1.35 bits per heavy atom. The smallest absolute Gasteiger partial charge is 0.280 e.